The van der Waals surface area contributed by atoms with Gasteiger partial charge in [-0.15, -0.1) is 0 Å². The van der Waals surface area contributed by atoms with Gasteiger partial charge >= 0.3 is 5.97 Å². The molecule has 0 spiro atoms. The average molecular weight is 402 g/mol. The zero-order valence-electron chi connectivity index (χ0n) is 15.3. The second-order valence-electron chi connectivity index (χ2n) is 6.64. The van der Waals surface area contributed by atoms with Crippen LogP contribution in [0.4, 0.5) is 0 Å². The first-order valence-electron chi connectivity index (χ1n) is 9.59. The highest BCUT2D eigenvalue weighted by Crippen LogP contribution is 2.32. The van der Waals surface area contributed by atoms with Crippen LogP contribution in [0.1, 0.15) is 103 Å². The lowest BCUT2D eigenvalue weighted by Crippen LogP contribution is -2.00. The van der Waals surface area contributed by atoms with Crippen LogP contribution in [0, 0.1) is 0 Å². The monoisotopic (exact) mass is 400 g/mol. The summed E-state index contributed by atoms with van der Waals surface area (Å²) in [5.74, 6) is -0.0831. The van der Waals surface area contributed by atoms with E-state index in [4.69, 9.17) is 34.8 Å². The van der Waals surface area contributed by atoms with Crippen molar-refractivity contribution in [1.82, 2.24) is 0 Å². The van der Waals surface area contributed by atoms with Gasteiger partial charge in [0.1, 0.15) is 0 Å². The summed E-state index contributed by atoms with van der Waals surface area (Å²) in [4.78, 5) is 10.9. The number of ether oxygens (including phenoxy) is 1. The molecule has 0 radical (unpaired) electrons. The molecule has 0 amide bonds. The molecule has 0 fully saturated rings. The van der Waals surface area contributed by atoms with Crippen molar-refractivity contribution in [1.29, 1.82) is 0 Å². The molecule has 0 aromatic rings. The molecular weight excluding hydrogens is 367 g/mol. The van der Waals surface area contributed by atoms with E-state index in [0.29, 0.717) is 12.8 Å². The Morgan fingerprint density at radius 3 is 1.33 bits per heavy atom. The summed E-state index contributed by atoms with van der Waals surface area (Å²) in [7, 11) is 1.45. The van der Waals surface area contributed by atoms with Crippen LogP contribution in [-0.2, 0) is 9.53 Å². The number of hydrogen-bond donors (Lipinski definition) is 0. The minimum Gasteiger partial charge on any atom is -0.469 e. The molecule has 0 aromatic heterocycles. The van der Waals surface area contributed by atoms with Gasteiger partial charge in [-0.1, -0.05) is 112 Å². The molecule has 0 N–H and O–H groups in total. The number of rotatable bonds is 16. The quantitative estimate of drug-likeness (QED) is 0.150. The lowest BCUT2D eigenvalue weighted by atomic mass is 10.0. The number of esters is 1. The van der Waals surface area contributed by atoms with Crippen molar-refractivity contribution in [3.63, 3.8) is 0 Å². The fourth-order valence-electron chi connectivity index (χ4n) is 2.82. The maximum absolute atomic E-state index is 10.9. The first kappa shape index (κ1) is 24.3. The Kier molecular flexibility index (Phi) is 17.0. The molecule has 0 unspecified atom stereocenters. The highest BCUT2D eigenvalue weighted by molar-refractivity contribution is 6.67. The highest BCUT2D eigenvalue weighted by atomic mass is 35.6. The summed E-state index contributed by atoms with van der Waals surface area (Å²) >= 11 is 17.2. The zero-order valence-corrected chi connectivity index (χ0v) is 17.5. The first-order chi connectivity index (χ1) is 11.5. The molecule has 5 heteroatoms. The number of methoxy groups -OCH3 is 1. The molecule has 0 bridgehead atoms. The van der Waals surface area contributed by atoms with Crippen LogP contribution in [0.5, 0.6) is 0 Å². The van der Waals surface area contributed by atoms with Crippen molar-refractivity contribution in [2.24, 2.45) is 0 Å². The molecule has 0 aliphatic carbocycles. The molecule has 24 heavy (non-hydrogen) atoms. The van der Waals surface area contributed by atoms with E-state index in [2.05, 4.69) is 4.74 Å². The van der Waals surface area contributed by atoms with Crippen LogP contribution in [0.15, 0.2) is 0 Å². The second kappa shape index (κ2) is 16.8. The van der Waals surface area contributed by atoms with Crippen molar-refractivity contribution in [2.45, 2.75) is 107 Å². The third-order valence-corrected chi connectivity index (χ3v) is 4.89. The van der Waals surface area contributed by atoms with Gasteiger partial charge in [0.25, 0.3) is 0 Å². The largest absolute Gasteiger partial charge is 0.469 e. The molecule has 0 saturated heterocycles. The Morgan fingerprint density at radius 2 is 1.00 bits per heavy atom. The van der Waals surface area contributed by atoms with E-state index in [1.807, 2.05) is 0 Å². The molecule has 0 saturated carbocycles. The summed E-state index contributed by atoms with van der Waals surface area (Å²) in [5, 5.41) is 0. The molecule has 0 aromatic carbocycles. The van der Waals surface area contributed by atoms with Gasteiger partial charge < -0.3 is 4.74 Å². The fourth-order valence-corrected chi connectivity index (χ4v) is 3.22. The van der Waals surface area contributed by atoms with Crippen LogP contribution in [0.2, 0.25) is 0 Å². The van der Waals surface area contributed by atoms with E-state index >= 15 is 0 Å². The Labute approximate surface area is 163 Å². The molecule has 0 aliphatic heterocycles. The van der Waals surface area contributed by atoms with Gasteiger partial charge in [-0.3, -0.25) is 4.79 Å². The molecule has 2 nitrogen and oxygen atoms in total. The van der Waals surface area contributed by atoms with Crippen molar-refractivity contribution in [3.05, 3.63) is 0 Å². The Hall–Kier alpha value is 0.340. The van der Waals surface area contributed by atoms with Crippen molar-refractivity contribution in [3.8, 4) is 0 Å². The van der Waals surface area contributed by atoms with E-state index in [0.717, 1.165) is 19.3 Å². The van der Waals surface area contributed by atoms with Gasteiger partial charge in [0.05, 0.1) is 7.11 Å². The molecule has 0 rings (SSSR count). The summed E-state index contributed by atoms with van der Waals surface area (Å²) in [6.45, 7) is 0. The minimum atomic E-state index is -1.07. The standard InChI is InChI=1S/C19H35Cl3O2/c1-24-18(23)16-14-12-10-8-6-4-2-3-5-7-9-11-13-15-17-19(20,21)22/h2-17H2,1H3. The van der Waals surface area contributed by atoms with Crippen molar-refractivity contribution < 1.29 is 9.53 Å². The summed E-state index contributed by atoms with van der Waals surface area (Å²) in [6.07, 6.45) is 18.7. The maximum atomic E-state index is 10.9. The van der Waals surface area contributed by atoms with Crippen LogP contribution < -0.4 is 0 Å². The number of carbonyl (C=O) groups excluding carboxylic acids is 1. The summed E-state index contributed by atoms with van der Waals surface area (Å²) in [6, 6.07) is 0. The zero-order chi connectivity index (χ0) is 18.1. The predicted octanol–water partition coefficient (Wildman–Crippen LogP) is 7.77. The van der Waals surface area contributed by atoms with Crippen LogP contribution in [-0.4, -0.2) is 16.9 Å². The molecule has 0 heterocycles. The Morgan fingerprint density at radius 1 is 0.667 bits per heavy atom. The van der Waals surface area contributed by atoms with Crippen LogP contribution in [0.3, 0.4) is 0 Å². The number of carbonyl (C=O) groups is 1. The third kappa shape index (κ3) is 20.4. The van der Waals surface area contributed by atoms with E-state index in [9.17, 15) is 4.79 Å². The summed E-state index contributed by atoms with van der Waals surface area (Å²) < 4.78 is 3.56. The molecule has 0 atom stereocenters. The van der Waals surface area contributed by atoms with E-state index < -0.39 is 3.79 Å². The minimum absolute atomic E-state index is 0.0831. The van der Waals surface area contributed by atoms with E-state index in [1.54, 1.807) is 0 Å². The fraction of sp³-hybridized carbons (Fsp3) is 0.947. The number of unbranched alkanes of at least 4 members (excludes halogenated alkanes) is 13. The first-order valence-corrected chi connectivity index (χ1v) is 10.7. The third-order valence-electron chi connectivity index (χ3n) is 4.32. The van der Waals surface area contributed by atoms with E-state index in [1.165, 1.54) is 77.7 Å². The predicted molar refractivity (Wildman–Crippen MR) is 106 cm³/mol. The van der Waals surface area contributed by atoms with Gasteiger partial charge in [0.2, 0.25) is 0 Å². The number of halogens is 3. The Balaban J connectivity index is 3.06. The van der Waals surface area contributed by atoms with Gasteiger partial charge in [-0.25, -0.2) is 0 Å². The van der Waals surface area contributed by atoms with Gasteiger partial charge in [0, 0.05) is 6.42 Å². The van der Waals surface area contributed by atoms with Gasteiger partial charge in [0.15, 0.2) is 3.79 Å². The lowest BCUT2D eigenvalue weighted by Gasteiger charge is -2.09. The summed E-state index contributed by atoms with van der Waals surface area (Å²) in [5.41, 5.74) is 0. The van der Waals surface area contributed by atoms with Gasteiger partial charge in [-0.05, 0) is 19.3 Å². The molecular formula is C19H35Cl3O2. The SMILES string of the molecule is COC(=O)CCCCCCCCCCCCCCCCC(Cl)(Cl)Cl. The normalized spacial score (nSPS) is 11.7. The van der Waals surface area contributed by atoms with E-state index in [-0.39, 0.29) is 5.97 Å². The average Bonchev–Trinajstić information content (AvgIpc) is 2.53. The number of hydrogen-bond acceptors (Lipinski definition) is 2. The smallest absolute Gasteiger partial charge is 0.305 e. The molecule has 0 aliphatic rings. The van der Waals surface area contributed by atoms with Crippen molar-refractivity contribution >= 4 is 40.8 Å². The maximum Gasteiger partial charge on any atom is 0.305 e. The highest BCUT2D eigenvalue weighted by Gasteiger charge is 2.17. The number of alkyl halides is 3. The van der Waals surface area contributed by atoms with Crippen LogP contribution in [0.25, 0.3) is 0 Å². The topological polar surface area (TPSA) is 26.3 Å². The molecule has 144 valence electrons. The second-order valence-corrected chi connectivity index (χ2v) is 9.16. The van der Waals surface area contributed by atoms with Crippen molar-refractivity contribution in [2.75, 3.05) is 7.11 Å². The van der Waals surface area contributed by atoms with Gasteiger partial charge in [-0.2, -0.15) is 0 Å². The van der Waals surface area contributed by atoms with Crippen LogP contribution >= 0.6 is 34.8 Å². The Bertz CT molecular complexity index is 291. The lowest BCUT2D eigenvalue weighted by molar-refractivity contribution is -0.140.